The Morgan fingerprint density at radius 3 is 2.55 bits per heavy atom. The van der Waals surface area contributed by atoms with Gasteiger partial charge in [0.05, 0.1) is 11.6 Å². The summed E-state index contributed by atoms with van der Waals surface area (Å²) in [7, 11) is 0. The zero-order chi connectivity index (χ0) is 7.56. The molecule has 0 saturated carbocycles. The second-order valence-corrected chi connectivity index (χ2v) is 4.23. The molecule has 0 amide bonds. The predicted molar refractivity (Wildman–Crippen MR) is 55.4 cm³/mol. The van der Waals surface area contributed by atoms with Gasteiger partial charge in [-0.25, -0.2) is 4.98 Å². The molecule has 0 N–H and O–H groups in total. The van der Waals surface area contributed by atoms with Crippen LogP contribution >= 0.6 is 47.1 Å². The van der Waals surface area contributed by atoms with E-state index in [1.54, 1.807) is 23.1 Å². The number of aromatic nitrogens is 1. The summed E-state index contributed by atoms with van der Waals surface area (Å²) in [5.74, 6) is 0.587. The van der Waals surface area contributed by atoms with Crippen LogP contribution in [0.15, 0.2) is 4.34 Å². The summed E-state index contributed by atoms with van der Waals surface area (Å²) >= 11 is 9.01. The molecule has 1 nitrogen and oxygen atoms in total. The van der Waals surface area contributed by atoms with Gasteiger partial charge >= 0.3 is 0 Å². The second-order valence-electron chi connectivity index (χ2n) is 1.83. The average molecular weight is 230 g/mol. The molecule has 0 fully saturated rings. The topological polar surface area (TPSA) is 12.9 Å². The molecule has 0 bridgehead atoms. The van der Waals surface area contributed by atoms with E-state index in [1.807, 2.05) is 13.2 Å². The largest absolute Gasteiger partial charge is 0.235 e. The van der Waals surface area contributed by atoms with Gasteiger partial charge in [0.1, 0.15) is 4.34 Å². The van der Waals surface area contributed by atoms with Crippen molar-refractivity contribution in [2.75, 3.05) is 6.26 Å². The molecule has 0 radical (unpaired) electrons. The van der Waals surface area contributed by atoms with Crippen molar-refractivity contribution in [3.05, 3.63) is 10.6 Å². The monoisotopic (exact) mass is 229 g/mol. The molecule has 1 aromatic rings. The van der Waals surface area contributed by atoms with Crippen LogP contribution in [0.25, 0.3) is 0 Å². The highest BCUT2D eigenvalue weighted by atomic mass is 35.5. The van der Waals surface area contributed by atoms with Gasteiger partial charge in [-0.3, -0.25) is 0 Å². The third kappa shape index (κ3) is 2.82. The number of rotatable bonds is 2. The molecule has 0 saturated heterocycles. The van der Waals surface area contributed by atoms with Gasteiger partial charge in [-0.2, -0.15) is 0 Å². The van der Waals surface area contributed by atoms with Gasteiger partial charge in [0.15, 0.2) is 0 Å². The minimum Gasteiger partial charge on any atom is -0.235 e. The Kier molecular flexibility index (Phi) is 5.52. The Morgan fingerprint density at radius 2 is 2.27 bits per heavy atom. The lowest BCUT2D eigenvalue weighted by atomic mass is 10.4. The van der Waals surface area contributed by atoms with Gasteiger partial charge in [-0.15, -0.1) is 35.3 Å². The number of halogens is 2. The normalized spacial score (nSPS) is 9.36. The third-order valence-electron chi connectivity index (χ3n) is 1.17. The van der Waals surface area contributed by atoms with Crippen molar-refractivity contribution < 1.29 is 0 Å². The fraction of sp³-hybridized carbons (Fsp3) is 0.500. The third-order valence-corrected chi connectivity index (χ3v) is 3.74. The number of thioether (sulfide) groups is 1. The van der Waals surface area contributed by atoms with E-state index in [-0.39, 0.29) is 12.4 Å². The molecule has 11 heavy (non-hydrogen) atoms. The molecule has 5 heteroatoms. The number of alkyl halides is 1. The second kappa shape index (κ2) is 5.25. The summed E-state index contributed by atoms with van der Waals surface area (Å²) in [4.78, 5) is 5.48. The summed E-state index contributed by atoms with van der Waals surface area (Å²) in [6, 6.07) is 0. The minimum atomic E-state index is 0. The maximum absolute atomic E-state index is 5.66. The molecule has 0 unspecified atom stereocenters. The van der Waals surface area contributed by atoms with E-state index in [2.05, 4.69) is 4.98 Å². The molecule has 1 heterocycles. The number of thiazole rings is 1. The highest BCUT2D eigenvalue weighted by molar-refractivity contribution is 8.00. The average Bonchev–Trinajstić information content (AvgIpc) is 2.30. The number of hydrogen-bond donors (Lipinski definition) is 0. The molecule has 0 spiro atoms. The standard InChI is InChI=1S/C6H8ClNS2.ClH/c1-4-5(3-7)10-6(8-4)9-2;/h3H2,1-2H3;1H. The smallest absolute Gasteiger partial charge is 0.150 e. The summed E-state index contributed by atoms with van der Waals surface area (Å²) in [5.41, 5.74) is 1.07. The van der Waals surface area contributed by atoms with E-state index >= 15 is 0 Å². The summed E-state index contributed by atoms with van der Waals surface area (Å²) in [5, 5.41) is 0. The lowest BCUT2D eigenvalue weighted by Crippen LogP contribution is -1.75. The van der Waals surface area contributed by atoms with E-state index in [0.29, 0.717) is 5.88 Å². The Hall–Kier alpha value is 0.560. The Bertz CT molecular complexity index is 224. The summed E-state index contributed by atoms with van der Waals surface area (Å²) in [6.45, 7) is 1.99. The molecule has 0 aliphatic heterocycles. The van der Waals surface area contributed by atoms with Crippen LogP contribution in [0.3, 0.4) is 0 Å². The fourth-order valence-corrected chi connectivity index (χ4v) is 2.47. The van der Waals surface area contributed by atoms with Crippen molar-refractivity contribution in [1.82, 2.24) is 4.98 Å². The number of nitrogens with zero attached hydrogens (tertiary/aromatic N) is 1. The molecule has 1 aromatic heterocycles. The van der Waals surface area contributed by atoms with Crippen LogP contribution < -0.4 is 0 Å². The first kappa shape index (κ1) is 11.6. The van der Waals surface area contributed by atoms with Crippen molar-refractivity contribution in [1.29, 1.82) is 0 Å². The molecule has 0 aliphatic rings. The van der Waals surface area contributed by atoms with E-state index in [9.17, 15) is 0 Å². The maximum Gasteiger partial charge on any atom is 0.150 e. The quantitative estimate of drug-likeness (QED) is 0.571. The van der Waals surface area contributed by atoms with E-state index in [1.165, 1.54) is 4.88 Å². The Balaban J connectivity index is 0.000001000. The zero-order valence-electron chi connectivity index (χ0n) is 6.26. The van der Waals surface area contributed by atoms with E-state index < -0.39 is 0 Å². The molecule has 64 valence electrons. The molecule has 0 aromatic carbocycles. The molecule has 0 atom stereocenters. The van der Waals surface area contributed by atoms with Gasteiger partial charge in [-0.05, 0) is 13.2 Å². The number of hydrogen-bond acceptors (Lipinski definition) is 3. The van der Waals surface area contributed by atoms with Crippen molar-refractivity contribution in [2.24, 2.45) is 0 Å². The molecular formula is C6H9Cl2NS2. The highest BCUT2D eigenvalue weighted by Crippen LogP contribution is 2.26. The minimum absolute atomic E-state index is 0. The van der Waals surface area contributed by atoms with E-state index in [0.717, 1.165) is 10.0 Å². The van der Waals surface area contributed by atoms with Crippen LogP contribution in [0.5, 0.6) is 0 Å². The molecule has 0 aliphatic carbocycles. The first-order valence-electron chi connectivity index (χ1n) is 2.84. The maximum atomic E-state index is 5.66. The number of aryl methyl sites for hydroxylation is 1. The highest BCUT2D eigenvalue weighted by Gasteiger charge is 2.03. The fourth-order valence-electron chi connectivity index (χ4n) is 0.613. The van der Waals surface area contributed by atoms with Crippen molar-refractivity contribution >= 4 is 47.1 Å². The van der Waals surface area contributed by atoms with Crippen LogP contribution in [0.1, 0.15) is 10.6 Å². The van der Waals surface area contributed by atoms with Crippen LogP contribution in [0, 0.1) is 6.92 Å². The van der Waals surface area contributed by atoms with Gasteiger partial charge in [0.2, 0.25) is 0 Å². The molecule has 1 rings (SSSR count). The van der Waals surface area contributed by atoms with E-state index in [4.69, 9.17) is 11.6 Å². The van der Waals surface area contributed by atoms with Crippen LogP contribution in [-0.2, 0) is 5.88 Å². The summed E-state index contributed by atoms with van der Waals surface area (Å²) < 4.78 is 1.10. The molecular weight excluding hydrogens is 221 g/mol. The van der Waals surface area contributed by atoms with Crippen LogP contribution in [-0.4, -0.2) is 11.2 Å². The van der Waals surface area contributed by atoms with Gasteiger partial charge in [-0.1, -0.05) is 11.8 Å². The Morgan fingerprint density at radius 1 is 1.64 bits per heavy atom. The van der Waals surface area contributed by atoms with Gasteiger partial charge < -0.3 is 0 Å². The lowest BCUT2D eigenvalue weighted by molar-refractivity contribution is 1.14. The Labute approximate surface area is 86.0 Å². The van der Waals surface area contributed by atoms with Gasteiger partial charge in [0.25, 0.3) is 0 Å². The van der Waals surface area contributed by atoms with Crippen LogP contribution in [0.4, 0.5) is 0 Å². The summed E-state index contributed by atoms with van der Waals surface area (Å²) in [6.07, 6.45) is 2.02. The zero-order valence-corrected chi connectivity index (χ0v) is 9.46. The SMILES string of the molecule is CSc1nc(C)c(CCl)s1.Cl. The van der Waals surface area contributed by atoms with Crippen molar-refractivity contribution in [3.63, 3.8) is 0 Å². The van der Waals surface area contributed by atoms with Crippen molar-refractivity contribution in [3.8, 4) is 0 Å². The lowest BCUT2D eigenvalue weighted by Gasteiger charge is -1.83. The van der Waals surface area contributed by atoms with Crippen LogP contribution in [0.2, 0.25) is 0 Å². The predicted octanol–water partition coefficient (Wildman–Crippen LogP) is 3.33. The van der Waals surface area contributed by atoms with Crippen molar-refractivity contribution in [2.45, 2.75) is 17.1 Å². The first-order chi connectivity index (χ1) is 4.77. The van der Waals surface area contributed by atoms with Gasteiger partial charge in [0, 0.05) is 4.88 Å². The first-order valence-corrected chi connectivity index (χ1v) is 5.41.